The van der Waals surface area contributed by atoms with Gasteiger partial charge in [0.1, 0.15) is 0 Å². The molecule has 1 fully saturated rings. The Morgan fingerprint density at radius 3 is 2.43 bits per heavy atom. The fraction of sp³-hybridized carbons (Fsp3) is 0.381. The van der Waals surface area contributed by atoms with Crippen LogP contribution >= 0.6 is 11.6 Å². The fourth-order valence-corrected chi connectivity index (χ4v) is 5.36. The summed E-state index contributed by atoms with van der Waals surface area (Å²) in [5.41, 5.74) is 1.47. The summed E-state index contributed by atoms with van der Waals surface area (Å²) in [6.45, 7) is 1.67. The SMILES string of the molecule is Cc1ccc(NC(=O)CN(C2CCCCC2)S(=O)(=O)c2ccccc2)cc1Cl. The van der Waals surface area contributed by atoms with Crippen LogP contribution in [0.3, 0.4) is 0 Å². The Morgan fingerprint density at radius 1 is 1.11 bits per heavy atom. The minimum Gasteiger partial charge on any atom is -0.325 e. The molecule has 1 amide bonds. The molecule has 1 aliphatic carbocycles. The van der Waals surface area contributed by atoms with E-state index >= 15 is 0 Å². The number of nitrogens with one attached hydrogen (secondary N) is 1. The quantitative estimate of drug-likeness (QED) is 0.741. The number of carbonyl (C=O) groups is 1. The van der Waals surface area contributed by atoms with E-state index < -0.39 is 10.0 Å². The van der Waals surface area contributed by atoms with Crippen LogP contribution in [0.25, 0.3) is 0 Å². The standard InChI is InChI=1S/C21H25ClN2O3S/c1-16-12-13-17(14-20(16)22)23-21(25)15-24(18-8-4-2-5-9-18)28(26,27)19-10-6-3-7-11-19/h3,6-7,10-14,18H,2,4-5,8-9,15H2,1H3,(H,23,25). The number of anilines is 1. The molecule has 2 aromatic rings. The summed E-state index contributed by atoms with van der Waals surface area (Å²) in [4.78, 5) is 12.9. The van der Waals surface area contributed by atoms with Gasteiger partial charge in [0.2, 0.25) is 15.9 Å². The zero-order valence-electron chi connectivity index (χ0n) is 15.9. The summed E-state index contributed by atoms with van der Waals surface area (Å²) in [6, 6.07) is 13.4. The average Bonchev–Trinajstić information content (AvgIpc) is 2.70. The van der Waals surface area contributed by atoms with E-state index in [0.29, 0.717) is 10.7 Å². The minimum atomic E-state index is -3.76. The first-order chi connectivity index (χ1) is 13.4. The maximum Gasteiger partial charge on any atom is 0.243 e. The zero-order chi connectivity index (χ0) is 20.1. The van der Waals surface area contributed by atoms with Gasteiger partial charge in [-0.1, -0.05) is 55.1 Å². The fourth-order valence-electron chi connectivity index (χ4n) is 3.52. The third-order valence-corrected chi connectivity index (χ3v) is 7.41. The molecule has 150 valence electrons. The molecule has 2 aromatic carbocycles. The molecule has 0 aliphatic heterocycles. The Kier molecular flexibility index (Phi) is 6.75. The number of aryl methyl sites for hydroxylation is 1. The van der Waals surface area contributed by atoms with Crippen LogP contribution in [0.1, 0.15) is 37.7 Å². The second-order valence-electron chi connectivity index (χ2n) is 7.17. The molecular formula is C21H25ClN2O3S. The van der Waals surface area contributed by atoms with Crippen molar-refractivity contribution in [2.24, 2.45) is 0 Å². The van der Waals surface area contributed by atoms with Gasteiger partial charge >= 0.3 is 0 Å². The molecule has 0 spiro atoms. The minimum absolute atomic E-state index is 0.161. The van der Waals surface area contributed by atoms with E-state index in [2.05, 4.69) is 5.32 Å². The van der Waals surface area contributed by atoms with Gasteiger partial charge in [-0.15, -0.1) is 0 Å². The van der Waals surface area contributed by atoms with Gasteiger partial charge < -0.3 is 5.32 Å². The van der Waals surface area contributed by atoms with Crippen molar-refractivity contribution in [2.45, 2.75) is 50.0 Å². The summed E-state index contributed by atoms with van der Waals surface area (Å²) < 4.78 is 27.9. The molecule has 1 saturated carbocycles. The van der Waals surface area contributed by atoms with Crippen molar-refractivity contribution in [3.63, 3.8) is 0 Å². The van der Waals surface area contributed by atoms with E-state index in [9.17, 15) is 13.2 Å². The lowest BCUT2D eigenvalue weighted by molar-refractivity contribution is -0.116. The number of amides is 1. The number of hydrogen-bond donors (Lipinski definition) is 1. The molecule has 0 atom stereocenters. The molecule has 0 saturated heterocycles. The van der Waals surface area contributed by atoms with Crippen LogP contribution in [0.2, 0.25) is 5.02 Å². The van der Waals surface area contributed by atoms with E-state index in [0.717, 1.165) is 37.7 Å². The van der Waals surface area contributed by atoms with Crippen LogP contribution in [0.15, 0.2) is 53.4 Å². The van der Waals surface area contributed by atoms with Crippen molar-refractivity contribution >= 4 is 33.2 Å². The van der Waals surface area contributed by atoms with Crippen LogP contribution < -0.4 is 5.32 Å². The third kappa shape index (κ3) is 4.93. The molecule has 0 unspecified atom stereocenters. The lowest BCUT2D eigenvalue weighted by Gasteiger charge is -2.33. The van der Waals surface area contributed by atoms with Gasteiger partial charge in [-0.2, -0.15) is 4.31 Å². The molecule has 5 nitrogen and oxygen atoms in total. The lowest BCUT2D eigenvalue weighted by Crippen LogP contribution is -2.45. The van der Waals surface area contributed by atoms with E-state index in [1.54, 1.807) is 42.5 Å². The second kappa shape index (κ2) is 9.07. The summed E-state index contributed by atoms with van der Waals surface area (Å²) in [6.07, 6.45) is 4.59. The predicted octanol–water partition coefficient (Wildman–Crippen LogP) is 4.61. The number of benzene rings is 2. The van der Waals surface area contributed by atoms with Crippen LogP contribution in [0, 0.1) is 6.92 Å². The molecule has 0 bridgehead atoms. The Labute approximate surface area is 171 Å². The number of rotatable bonds is 6. The maximum atomic E-state index is 13.2. The van der Waals surface area contributed by atoms with Gasteiger partial charge in [-0.05, 0) is 49.6 Å². The van der Waals surface area contributed by atoms with Crippen molar-refractivity contribution in [2.75, 3.05) is 11.9 Å². The third-order valence-electron chi connectivity index (χ3n) is 5.09. The topological polar surface area (TPSA) is 66.5 Å². The van der Waals surface area contributed by atoms with E-state index in [-0.39, 0.29) is 23.4 Å². The number of carbonyl (C=O) groups excluding carboxylic acids is 1. The van der Waals surface area contributed by atoms with Gasteiger partial charge in [-0.25, -0.2) is 8.42 Å². The molecule has 0 heterocycles. The van der Waals surface area contributed by atoms with Crippen molar-refractivity contribution in [3.05, 3.63) is 59.1 Å². The average molecular weight is 421 g/mol. The van der Waals surface area contributed by atoms with Crippen molar-refractivity contribution in [1.29, 1.82) is 0 Å². The molecular weight excluding hydrogens is 396 g/mol. The number of hydrogen-bond acceptors (Lipinski definition) is 3. The van der Waals surface area contributed by atoms with Crippen molar-refractivity contribution in [3.8, 4) is 0 Å². The summed E-state index contributed by atoms with van der Waals surface area (Å²) >= 11 is 6.12. The van der Waals surface area contributed by atoms with Crippen LogP contribution in [-0.4, -0.2) is 31.2 Å². The molecule has 28 heavy (non-hydrogen) atoms. The highest BCUT2D eigenvalue weighted by Gasteiger charge is 2.33. The van der Waals surface area contributed by atoms with Gasteiger partial charge in [0, 0.05) is 16.8 Å². The van der Waals surface area contributed by atoms with Crippen molar-refractivity contribution < 1.29 is 13.2 Å². The van der Waals surface area contributed by atoms with Crippen molar-refractivity contribution in [1.82, 2.24) is 4.31 Å². The van der Waals surface area contributed by atoms with Crippen LogP contribution in [0.4, 0.5) is 5.69 Å². The highest BCUT2D eigenvalue weighted by atomic mass is 35.5. The Morgan fingerprint density at radius 2 is 1.79 bits per heavy atom. The highest BCUT2D eigenvalue weighted by molar-refractivity contribution is 7.89. The maximum absolute atomic E-state index is 13.2. The monoisotopic (exact) mass is 420 g/mol. The normalized spacial score (nSPS) is 15.5. The first-order valence-corrected chi connectivity index (χ1v) is 11.3. The number of sulfonamides is 1. The first kappa shape index (κ1) is 20.8. The van der Waals surface area contributed by atoms with Gasteiger partial charge in [0.25, 0.3) is 0 Å². The zero-order valence-corrected chi connectivity index (χ0v) is 17.5. The van der Waals surface area contributed by atoms with E-state index in [4.69, 9.17) is 11.6 Å². The number of halogens is 1. The molecule has 1 N–H and O–H groups in total. The first-order valence-electron chi connectivity index (χ1n) is 9.51. The van der Waals surface area contributed by atoms with Crippen LogP contribution in [-0.2, 0) is 14.8 Å². The van der Waals surface area contributed by atoms with Crippen LogP contribution in [0.5, 0.6) is 0 Å². The lowest BCUT2D eigenvalue weighted by atomic mass is 9.95. The van der Waals surface area contributed by atoms with Gasteiger partial charge in [0.05, 0.1) is 11.4 Å². The molecule has 7 heteroatoms. The highest BCUT2D eigenvalue weighted by Crippen LogP contribution is 2.28. The summed E-state index contributed by atoms with van der Waals surface area (Å²) in [7, 11) is -3.76. The summed E-state index contributed by atoms with van der Waals surface area (Å²) in [5, 5.41) is 3.33. The molecule has 0 aromatic heterocycles. The Balaban J connectivity index is 1.82. The Hall–Kier alpha value is -1.89. The van der Waals surface area contributed by atoms with Gasteiger partial charge in [0.15, 0.2) is 0 Å². The summed E-state index contributed by atoms with van der Waals surface area (Å²) in [5.74, 6) is -0.370. The molecule has 3 rings (SSSR count). The smallest absolute Gasteiger partial charge is 0.243 e. The number of nitrogens with zero attached hydrogens (tertiary/aromatic N) is 1. The molecule has 0 radical (unpaired) electrons. The Bertz CT molecular complexity index is 926. The van der Waals surface area contributed by atoms with E-state index in [1.807, 2.05) is 13.0 Å². The van der Waals surface area contributed by atoms with Gasteiger partial charge in [-0.3, -0.25) is 4.79 Å². The largest absolute Gasteiger partial charge is 0.325 e. The van der Waals surface area contributed by atoms with E-state index in [1.165, 1.54) is 4.31 Å². The molecule has 1 aliphatic rings. The predicted molar refractivity (Wildman–Crippen MR) is 112 cm³/mol. The second-order valence-corrected chi connectivity index (χ2v) is 9.47.